The first-order chi connectivity index (χ1) is 15.8. The van der Waals surface area contributed by atoms with E-state index in [0.717, 1.165) is 21.8 Å². The van der Waals surface area contributed by atoms with Crippen molar-refractivity contribution >= 4 is 44.6 Å². The highest BCUT2D eigenvalue weighted by Gasteiger charge is 2.19. The number of nitrogens with one attached hydrogen (secondary N) is 2. The maximum Gasteiger partial charge on any atom is 0.261 e. The molecule has 168 valence electrons. The number of aryl methyl sites for hydroxylation is 1. The summed E-state index contributed by atoms with van der Waals surface area (Å²) in [5, 5.41) is 5.57. The minimum Gasteiger partial charge on any atom is -0.345 e. The molecule has 0 aliphatic carbocycles. The molecule has 1 amide bonds. The molecule has 0 saturated carbocycles. The van der Waals surface area contributed by atoms with Crippen molar-refractivity contribution in [1.82, 2.24) is 10.3 Å². The molecule has 0 unspecified atom stereocenters. The lowest BCUT2D eigenvalue weighted by Crippen LogP contribution is -2.23. The van der Waals surface area contributed by atoms with Crippen LogP contribution in [0.15, 0.2) is 83.1 Å². The van der Waals surface area contributed by atoms with Gasteiger partial charge in [-0.25, -0.2) is 13.4 Å². The van der Waals surface area contributed by atoms with E-state index in [9.17, 15) is 13.2 Å². The number of hydrogen-bond acceptors (Lipinski definition) is 5. The summed E-state index contributed by atoms with van der Waals surface area (Å²) in [6, 6.07) is 20.8. The quantitative estimate of drug-likeness (QED) is 0.352. The molecule has 0 spiro atoms. The Bertz CT molecular complexity index is 1400. The lowest BCUT2D eigenvalue weighted by atomic mass is 10.2. The summed E-state index contributed by atoms with van der Waals surface area (Å²) >= 11 is 7.63. The third kappa shape index (κ3) is 5.60. The monoisotopic (exact) mass is 497 g/mol. The van der Waals surface area contributed by atoms with Crippen molar-refractivity contribution < 1.29 is 13.2 Å². The zero-order valence-electron chi connectivity index (χ0n) is 17.6. The van der Waals surface area contributed by atoms with Gasteiger partial charge in [0.15, 0.2) is 0 Å². The lowest BCUT2D eigenvalue weighted by Gasteiger charge is -2.11. The Balaban J connectivity index is 1.48. The molecule has 1 aromatic heterocycles. The number of anilines is 1. The maximum absolute atomic E-state index is 12.8. The fourth-order valence-corrected chi connectivity index (χ4v) is 5.17. The summed E-state index contributed by atoms with van der Waals surface area (Å²) in [5.74, 6) is -0.482. The molecule has 9 heteroatoms. The zero-order chi connectivity index (χ0) is 23.4. The van der Waals surface area contributed by atoms with Crippen LogP contribution in [0.4, 0.5) is 5.69 Å². The topological polar surface area (TPSA) is 88.2 Å². The van der Waals surface area contributed by atoms with Gasteiger partial charge in [0, 0.05) is 16.6 Å². The van der Waals surface area contributed by atoms with E-state index in [4.69, 9.17) is 11.6 Å². The van der Waals surface area contributed by atoms with Gasteiger partial charge in [-0.15, -0.1) is 11.3 Å². The van der Waals surface area contributed by atoms with Gasteiger partial charge < -0.3 is 5.32 Å². The van der Waals surface area contributed by atoms with Gasteiger partial charge >= 0.3 is 0 Å². The molecule has 3 aromatic carbocycles. The standard InChI is InChI=1S/C24H20ClN3O3S2/c1-16-6-5-9-18(12-16)28-33(30,31)19-10-11-21(25)20(13-19)24(29)26-14-23-27-22(15-32-23)17-7-3-2-4-8-17/h2-13,15,28H,14H2,1H3,(H,26,29). The Kier molecular flexibility index (Phi) is 6.78. The predicted molar refractivity (Wildman–Crippen MR) is 132 cm³/mol. The summed E-state index contributed by atoms with van der Waals surface area (Å²) in [5.41, 5.74) is 3.26. The van der Waals surface area contributed by atoms with Crippen LogP contribution in [-0.2, 0) is 16.6 Å². The molecule has 6 nitrogen and oxygen atoms in total. The van der Waals surface area contributed by atoms with E-state index in [0.29, 0.717) is 5.69 Å². The largest absolute Gasteiger partial charge is 0.345 e. The summed E-state index contributed by atoms with van der Waals surface area (Å²) in [7, 11) is -3.90. The van der Waals surface area contributed by atoms with E-state index in [1.807, 2.05) is 48.7 Å². The van der Waals surface area contributed by atoms with Gasteiger partial charge in [0.1, 0.15) is 5.01 Å². The molecule has 0 saturated heterocycles. The molecule has 2 N–H and O–H groups in total. The fourth-order valence-electron chi connectivity index (χ4n) is 3.15. The minimum absolute atomic E-state index is 0.0563. The molecule has 33 heavy (non-hydrogen) atoms. The molecule has 4 aromatic rings. The number of benzene rings is 3. The van der Waals surface area contributed by atoms with Crippen LogP contribution in [0.5, 0.6) is 0 Å². The SMILES string of the molecule is Cc1cccc(NS(=O)(=O)c2ccc(Cl)c(C(=O)NCc3nc(-c4ccccc4)cs3)c2)c1. The van der Waals surface area contributed by atoms with Crippen LogP contribution < -0.4 is 10.0 Å². The van der Waals surface area contributed by atoms with Crippen molar-refractivity contribution in [1.29, 1.82) is 0 Å². The zero-order valence-corrected chi connectivity index (χ0v) is 20.0. The highest BCUT2D eigenvalue weighted by Crippen LogP contribution is 2.24. The van der Waals surface area contributed by atoms with Gasteiger partial charge in [-0.05, 0) is 42.8 Å². The first-order valence-electron chi connectivity index (χ1n) is 9.99. The van der Waals surface area contributed by atoms with Crippen LogP contribution in [-0.4, -0.2) is 19.3 Å². The third-order valence-corrected chi connectivity index (χ3v) is 7.34. The van der Waals surface area contributed by atoms with Crippen LogP contribution in [0, 0.1) is 6.92 Å². The lowest BCUT2D eigenvalue weighted by molar-refractivity contribution is 0.0951. The molecule has 0 atom stereocenters. The molecular weight excluding hydrogens is 478 g/mol. The van der Waals surface area contributed by atoms with E-state index in [1.165, 1.54) is 29.5 Å². The number of rotatable bonds is 7. The van der Waals surface area contributed by atoms with Crippen LogP contribution in [0.3, 0.4) is 0 Å². The Morgan fingerprint density at radius 3 is 2.58 bits per heavy atom. The number of hydrogen-bond donors (Lipinski definition) is 2. The molecule has 1 heterocycles. The molecule has 0 fully saturated rings. The number of carbonyl (C=O) groups is 1. The second-order valence-electron chi connectivity index (χ2n) is 7.29. The number of amides is 1. The van der Waals surface area contributed by atoms with Gasteiger partial charge in [0.05, 0.1) is 27.7 Å². The Morgan fingerprint density at radius 1 is 1.03 bits per heavy atom. The van der Waals surface area contributed by atoms with Crippen molar-refractivity contribution in [3.05, 3.63) is 99.3 Å². The second kappa shape index (κ2) is 9.74. The number of thiazole rings is 1. The molecule has 4 rings (SSSR count). The molecule has 0 aliphatic heterocycles. The van der Waals surface area contributed by atoms with Gasteiger partial charge in [0.2, 0.25) is 0 Å². The molecule has 0 bridgehead atoms. The van der Waals surface area contributed by atoms with Crippen LogP contribution in [0.1, 0.15) is 20.9 Å². The molecule has 0 aliphatic rings. The maximum atomic E-state index is 12.8. The fraction of sp³-hybridized carbons (Fsp3) is 0.0833. The summed E-state index contributed by atoms with van der Waals surface area (Å²) in [4.78, 5) is 17.3. The van der Waals surface area contributed by atoms with E-state index in [2.05, 4.69) is 15.0 Å². The normalized spacial score (nSPS) is 11.2. The van der Waals surface area contributed by atoms with Crippen LogP contribution in [0.2, 0.25) is 5.02 Å². The van der Waals surface area contributed by atoms with Crippen LogP contribution >= 0.6 is 22.9 Å². The average molecular weight is 498 g/mol. The van der Waals surface area contributed by atoms with E-state index < -0.39 is 15.9 Å². The Labute approximate surface area is 201 Å². The smallest absolute Gasteiger partial charge is 0.261 e. The highest BCUT2D eigenvalue weighted by molar-refractivity contribution is 7.92. The molecular formula is C24H20ClN3O3S2. The van der Waals surface area contributed by atoms with E-state index in [1.54, 1.807) is 18.2 Å². The highest BCUT2D eigenvalue weighted by atomic mass is 35.5. The first kappa shape index (κ1) is 23.0. The van der Waals surface area contributed by atoms with Crippen molar-refractivity contribution in [3.8, 4) is 11.3 Å². The van der Waals surface area contributed by atoms with Gasteiger partial charge in [-0.1, -0.05) is 54.1 Å². The summed E-state index contributed by atoms with van der Waals surface area (Å²) < 4.78 is 28.2. The number of aromatic nitrogens is 1. The van der Waals surface area contributed by atoms with Crippen molar-refractivity contribution in [2.45, 2.75) is 18.4 Å². The first-order valence-corrected chi connectivity index (χ1v) is 12.7. The van der Waals surface area contributed by atoms with E-state index in [-0.39, 0.29) is 22.0 Å². The second-order valence-corrected chi connectivity index (χ2v) is 10.3. The number of nitrogens with zero attached hydrogens (tertiary/aromatic N) is 1. The minimum atomic E-state index is -3.90. The number of sulfonamides is 1. The average Bonchev–Trinajstić information content (AvgIpc) is 3.27. The van der Waals surface area contributed by atoms with Crippen molar-refractivity contribution in [2.24, 2.45) is 0 Å². The van der Waals surface area contributed by atoms with Crippen molar-refractivity contribution in [2.75, 3.05) is 4.72 Å². The van der Waals surface area contributed by atoms with E-state index >= 15 is 0 Å². The predicted octanol–water partition coefficient (Wildman–Crippen LogP) is 5.50. The Morgan fingerprint density at radius 2 is 1.82 bits per heavy atom. The number of halogens is 1. The molecule has 0 radical (unpaired) electrons. The van der Waals surface area contributed by atoms with Crippen molar-refractivity contribution in [3.63, 3.8) is 0 Å². The van der Waals surface area contributed by atoms with Crippen LogP contribution in [0.25, 0.3) is 11.3 Å². The van der Waals surface area contributed by atoms with Gasteiger partial charge in [-0.2, -0.15) is 0 Å². The Hall–Kier alpha value is -3.20. The number of carbonyl (C=O) groups excluding carboxylic acids is 1. The summed E-state index contributed by atoms with van der Waals surface area (Å²) in [6.45, 7) is 2.07. The third-order valence-electron chi connectivity index (χ3n) is 4.78. The summed E-state index contributed by atoms with van der Waals surface area (Å²) in [6.07, 6.45) is 0. The van der Waals surface area contributed by atoms with Gasteiger partial charge in [-0.3, -0.25) is 9.52 Å². The van der Waals surface area contributed by atoms with Gasteiger partial charge in [0.25, 0.3) is 15.9 Å².